The lowest BCUT2D eigenvalue weighted by molar-refractivity contribution is -0.912. The number of nitrogens with zero attached hydrogens (tertiary/aromatic N) is 8. The minimum Gasteiger partial charge on any atom is -1.00 e. The Balaban J connectivity index is 0.00000113. The molecule has 0 fully saturated rings. The Bertz CT molecular complexity index is 738. The molecular weight excluding hydrogens is 452 g/mol. The van der Waals surface area contributed by atoms with Crippen molar-refractivity contribution < 1.29 is 43.1 Å². The zero-order chi connectivity index (χ0) is 15.5. The molecule has 132 valence electrons. The van der Waals surface area contributed by atoms with Gasteiger partial charge in [0.15, 0.2) is 12.4 Å². The number of hydrogen-bond donors (Lipinski definition) is 0. The van der Waals surface area contributed by atoms with Gasteiger partial charge >= 0.3 is 0 Å². The highest BCUT2D eigenvalue weighted by atomic mass is 79.9. The Morgan fingerprint density at radius 1 is 0.760 bits per heavy atom. The van der Waals surface area contributed by atoms with Crippen LogP contribution in [0.15, 0.2) is 72.0 Å². The van der Waals surface area contributed by atoms with Crippen LogP contribution >= 0.6 is 0 Å². The number of hydrogen-bond acceptors (Lipinski definition) is 4. The van der Waals surface area contributed by atoms with Crippen molar-refractivity contribution in [3.63, 3.8) is 0 Å². The number of imidazole rings is 2. The van der Waals surface area contributed by atoms with Gasteiger partial charge in [-0.25, -0.2) is 0 Å². The summed E-state index contributed by atoms with van der Waals surface area (Å²) in [5, 5.41) is 4.06. The lowest BCUT2D eigenvalue weighted by atomic mass is 10.6. The van der Waals surface area contributed by atoms with Crippen molar-refractivity contribution in [2.45, 2.75) is 6.67 Å². The van der Waals surface area contributed by atoms with Crippen molar-refractivity contribution in [2.24, 2.45) is 9.98 Å². The molecule has 4 rings (SSSR count). The monoisotopic (exact) mass is 468 g/mol. The minimum atomic E-state index is 0. The van der Waals surface area contributed by atoms with Gasteiger partial charge < -0.3 is 34.0 Å². The van der Waals surface area contributed by atoms with Crippen molar-refractivity contribution in [1.29, 1.82) is 0 Å². The molecule has 0 spiro atoms. The second kappa shape index (κ2) is 8.77. The molecule has 0 bridgehead atoms. The summed E-state index contributed by atoms with van der Waals surface area (Å²) in [6, 6.07) is 0. The van der Waals surface area contributed by atoms with Gasteiger partial charge in [0.05, 0.1) is 0 Å². The van der Waals surface area contributed by atoms with Gasteiger partial charge in [0, 0.05) is 24.8 Å². The van der Waals surface area contributed by atoms with Gasteiger partial charge in [0.2, 0.25) is 6.67 Å². The maximum absolute atomic E-state index is 4.24. The van der Waals surface area contributed by atoms with Gasteiger partial charge in [-0.2, -0.15) is 19.2 Å². The first-order valence-corrected chi connectivity index (χ1v) is 7.40. The summed E-state index contributed by atoms with van der Waals surface area (Å²) >= 11 is 0. The molecule has 25 heavy (non-hydrogen) atoms. The number of aromatic nitrogens is 4. The third-order valence-corrected chi connectivity index (χ3v) is 3.63. The van der Waals surface area contributed by atoms with Crippen molar-refractivity contribution in [3.05, 3.63) is 62.0 Å². The Hall–Kier alpha value is -2.20. The van der Waals surface area contributed by atoms with E-state index in [0.717, 1.165) is 6.67 Å². The van der Waals surface area contributed by atoms with E-state index in [4.69, 9.17) is 0 Å². The van der Waals surface area contributed by atoms with E-state index in [-0.39, 0.29) is 34.0 Å². The average Bonchev–Trinajstić information content (AvgIpc) is 3.27. The highest BCUT2D eigenvalue weighted by Crippen LogP contribution is 1.96. The molecule has 2 aliphatic heterocycles. The smallest absolute Gasteiger partial charge is 0.270 e. The zero-order valence-corrected chi connectivity index (χ0v) is 16.6. The summed E-state index contributed by atoms with van der Waals surface area (Å²) in [7, 11) is 0. The number of aliphatic imine (C=N–C) groups is 2. The van der Waals surface area contributed by atoms with Gasteiger partial charge in [-0.1, -0.05) is 0 Å². The summed E-state index contributed by atoms with van der Waals surface area (Å²) in [4.78, 5) is 8.47. The predicted octanol–water partition coefficient (Wildman–Crippen LogP) is -6.63. The maximum atomic E-state index is 4.24. The van der Waals surface area contributed by atoms with E-state index < -0.39 is 0 Å². The predicted molar refractivity (Wildman–Crippen MR) is 86.1 cm³/mol. The van der Waals surface area contributed by atoms with Crippen molar-refractivity contribution in [3.8, 4) is 0 Å². The van der Waals surface area contributed by atoms with Crippen LogP contribution in [0.25, 0.3) is 0 Å². The molecule has 0 radical (unpaired) electrons. The molecule has 0 aromatic carbocycles. The first-order chi connectivity index (χ1) is 11.4. The molecule has 0 aliphatic carbocycles. The van der Waals surface area contributed by atoms with Crippen LogP contribution in [0.5, 0.6) is 0 Å². The summed E-state index contributed by atoms with van der Waals surface area (Å²) in [5.74, 6) is 0. The van der Waals surface area contributed by atoms with E-state index >= 15 is 0 Å². The second-order valence-electron chi connectivity index (χ2n) is 5.27. The average molecular weight is 470 g/mol. The normalized spacial score (nSPS) is 15.2. The molecule has 10 heteroatoms. The Kier molecular flexibility index (Phi) is 6.71. The fourth-order valence-corrected chi connectivity index (χ4v) is 2.48. The standard InChI is InChI=1S/C15H18N8.2BrH/c1-3-16-11-20(5-1)22-9-7-18(14-22)13-19-8-10-23(15-19)21-6-2-4-17-12-21;;/h1-10,14-15H,11-13H2;2*1H/q+2;;/p-2. The number of rotatable bonds is 4. The molecule has 0 unspecified atom stereocenters. The van der Waals surface area contributed by atoms with Gasteiger partial charge in [-0.15, -0.1) is 9.35 Å². The quantitative estimate of drug-likeness (QED) is 0.418. The van der Waals surface area contributed by atoms with E-state index in [0.29, 0.717) is 13.3 Å². The van der Waals surface area contributed by atoms with E-state index in [1.165, 1.54) is 0 Å². The topological polar surface area (TPSA) is 48.8 Å². The van der Waals surface area contributed by atoms with E-state index in [2.05, 4.69) is 19.1 Å². The van der Waals surface area contributed by atoms with Crippen LogP contribution in [0.1, 0.15) is 0 Å². The van der Waals surface area contributed by atoms with Crippen LogP contribution in [0.4, 0.5) is 0 Å². The maximum Gasteiger partial charge on any atom is 0.270 e. The van der Waals surface area contributed by atoms with Crippen LogP contribution in [-0.4, -0.2) is 35.1 Å². The number of allylic oxidation sites excluding steroid dienone is 2. The molecule has 4 heterocycles. The molecule has 0 saturated carbocycles. The van der Waals surface area contributed by atoms with Gasteiger partial charge in [-0.3, -0.25) is 9.98 Å². The van der Waals surface area contributed by atoms with Gasteiger partial charge in [0.1, 0.15) is 25.7 Å². The summed E-state index contributed by atoms with van der Waals surface area (Å²) in [6.45, 7) is 2.01. The third-order valence-electron chi connectivity index (χ3n) is 3.63. The van der Waals surface area contributed by atoms with Crippen LogP contribution in [-0.2, 0) is 6.67 Å². The molecule has 2 aliphatic rings. The van der Waals surface area contributed by atoms with E-state index in [1.807, 2.05) is 93.8 Å². The molecular formula is C15H18Br2N8. The Morgan fingerprint density at radius 2 is 1.24 bits per heavy atom. The summed E-state index contributed by atoms with van der Waals surface area (Å²) < 4.78 is 8.26. The highest BCUT2D eigenvalue weighted by Gasteiger charge is 2.15. The Labute approximate surface area is 166 Å². The third kappa shape index (κ3) is 4.45. The van der Waals surface area contributed by atoms with E-state index in [1.54, 1.807) is 0 Å². The second-order valence-corrected chi connectivity index (χ2v) is 5.27. The number of halogens is 2. The van der Waals surface area contributed by atoms with Crippen LogP contribution < -0.4 is 53.1 Å². The van der Waals surface area contributed by atoms with Crippen molar-refractivity contribution in [2.75, 3.05) is 23.4 Å². The SMILES string of the molecule is C1=CN(n2cc[n+](C[n+]3ccn(N4C=CC=NC4)c3)c2)CN=C1.[Br-].[Br-]. The zero-order valence-electron chi connectivity index (χ0n) is 13.4. The van der Waals surface area contributed by atoms with Crippen LogP contribution in [0.3, 0.4) is 0 Å². The molecule has 0 amide bonds. The summed E-state index contributed by atoms with van der Waals surface area (Å²) in [5.41, 5.74) is 0. The molecule has 0 N–H and O–H groups in total. The Morgan fingerprint density at radius 3 is 1.64 bits per heavy atom. The van der Waals surface area contributed by atoms with E-state index in [9.17, 15) is 0 Å². The first kappa shape index (κ1) is 19.1. The van der Waals surface area contributed by atoms with Crippen molar-refractivity contribution >= 4 is 12.4 Å². The lowest BCUT2D eigenvalue weighted by Gasteiger charge is -2.14. The fraction of sp³-hybridized carbons (Fsp3) is 0.200. The first-order valence-electron chi connectivity index (χ1n) is 7.40. The molecule has 8 nitrogen and oxygen atoms in total. The summed E-state index contributed by atoms with van der Waals surface area (Å²) in [6.07, 6.45) is 23.7. The van der Waals surface area contributed by atoms with Crippen molar-refractivity contribution in [1.82, 2.24) is 9.35 Å². The van der Waals surface area contributed by atoms with Gasteiger partial charge in [0.25, 0.3) is 12.7 Å². The molecule has 2 aromatic rings. The fourth-order valence-electron chi connectivity index (χ4n) is 2.48. The lowest BCUT2D eigenvalue weighted by Crippen LogP contribution is -3.00. The largest absolute Gasteiger partial charge is 1.00 e. The van der Waals surface area contributed by atoms with Gasteiger partial charge in [-0.05, 0) is 12.2 Å². The molecule has 0 saturated heterocycles. The minimum absolute atomic E-state index is 0. The van der Waals surface area contributed by atoms with Crippen LogP contribution in [0.2, 0.25) is 0 Å². The molecule has 2 aromatic heterocycles. The molecule has 0 atom stereocenters. The highest BCUT2D eigenvalue weighted by molar-refractivity contribution is 5.72. The van der Waals surface area contributed by atoms with Crippen LogP contribution in [0, 0.1) is 0 Å².